The molecule has 128 valence electrons. The molecule has 0 aromatic heterocycles. The molecule has 0 aliphatic carbocycles. The van der Waals surface area contributed by atoms with E-state index < -0.39 is 6.10 Å². The van der Waals surface area contributed by atoms with Gasteiger partial charge < -0.3 is 15.0 Å². The predicted molar refractivity (Wildman–Crippen MR) is 94.2 cm³/mol. The van der Waals surface area contributed by atoms with Crippen molar-refractivity contribution in [3.63, 3.8) is 0 Å². The smallest absolute Gasteiger partial charge is 0.260 e. The largest absolute Gasteiger partial charge is 0.479 e. The van der Waals surface area contributed by atoms with Crippen molar-refractivity contribution in [2.75, 3.05) is 19.6 Å². The maximum atomic E-state index is 12.3. The van der Waals surface area contributed by atoms with E-state index in [-0.39, 0.29) is 11.9 Å². The second-order valence-electron chi connectivity index (χ2n) is 6.32. The van der Waals surface area contributed by atoms with Gasteiger partial charge in [-0.3, -0.25) is 4.79 Å². The molecule has 0 unspecified atom stereocenters. The number of piperidine rings is 1. The molecule has 0 saturated carbocycles. The van der Waals surface area contributed by atoms with Crippen LogP contribution in [0.3, 0.4) is 0 Å². The number of benzene rings is 1. The summed E-state index contributed by atoms with van der Waals surface area (Å²) in [4.78, 5) is 14.8. The van der Waals surface area contributed by atoms with Crippen LogP contribution < -0.4 is 10.1 Å². The molecule has 1 aliphatic rings. The standard InChI is InChI=1S/C18H27ClN2O2/c1-4-9-21-10-7-15(8-11-21)20-18(22)14(3)23-17-12-13(2)5-6-16(17)19/h5-6,12,14-15H,4,7-11H2,1-3H3,(H,20,22)/t14-/m0/s1. The lowest BCUT2D eigenvalue weighted by Gasteiger charge is -2.32. The number of carbonyl (C=O) groups is 1. The fraction of sp³-hybridized carbons (Fsp3) is 0.611. The molecular weight excluding hydrogens is 312 g/mol. The minimum Gasteiger partial charge on any atom is -0.479 e. The lowest BCUT2D eigenvalue weighted by Crippen LogP contribution is -2.48. The van der Waals surface area contributed by atoms with Crippen LogP contribution in [0.15, 0.2) is 18.2 Å². The van der Waals surface area contributed by atoms with Crippen molar-refractivity contribution in [3.05, 3.63) is 28.8 Å². The molecule has 1 aromatic rings. The lowest BCUT2D eigenvalue weighted by molar-refractivity contribution is -0.128. The summed E-state index contributed by atoms with van der Waals surface area (Å²) in [6.45, 7) is 9.18. The van der Waals surface area contributed by atoms with Crippen LogP contribution >= 0.6 is 11.6 Å². The van der Waals surface area contributed by atoms with Crippen molar-refractivity contribution >= 4 is 17.5 Å². The fourth-order valence-electron chi connectivity index (χ4n) is 2.88. The first-order valence-corrected chi connectivity index (χ1v) is 8.83. The molecule has 1 aromatic carbocycles. The molecule has 23 heavy (non-hydrogen) atoms. The van der Waals surface area contributed by atoms with Gasteiger partial charge in [-0.15, -0.1) is 0 Å². The Morgan fingerprint density at radius 1 is 1.43 bits per heavy atom. The molecular formula is C18H27ClN2O2. The van der Waals surface area contributed by atoms with Gasteiger partial charge in [-0.05, 0) is 57.4 Å². The van der Waals surface area contributed by atoms with Gasteiger partial charge in [0, 0.05) is 19.1 Å². The summed E-state index contributed by atoms with van der Waals surface area (Å²) in [5.41, 5.74) is 1.06. The molecule has 0 spiro atoms. The van der Waals surface area contributed by atoms with Gasteiger partial charge in [0.25, 0.3) is 5.91 Å². The molecule has 2 rings (SSSR count). The van der Waals surface area contributed by atoms with Gasteiger partial charge in [-0.25, -0.2) is 0 Å². The quantitative estimate of drug-likeness (QED) is 0.864. The summed E-state index contributed by atoms with van der Waals surface area (Å²) in [5, 5.41) is 3.63. The van der Waals surface area contributed by atoms with Gasteiger partial charge in [0.15, 0.2) is 6.10 Å². The van der Waals surface area contributed by atoms with Crippen LogP contribution in [0.2, 0.25) is 5.02 Å². The van der Waals surface area contributed by atoms with Crippen LogP contribution in [0.25, 0.3) is 0 Å². The van der Waals surface area contributed by atoms with Gasteiger partial charge in [0.1, 0.15) is 5.75 Å². The van der Waals surface area contributed by atoms with Crippen LogP contribution in [0.4, 0.5) is 0 Å². The number of aryl methyl sites for hydroxylation is 1. The van der Waals surface area contributed by atoms with E-state index in [0.29, 0.717) is 10.8 Å². The monoisotopic (exact) mass is 338 g/mol. The van der Waals surface area contributed by atoms with E-state index in [9.17, 15) is 4.79 Å². The first-order valence-electron chi connectivity index (χ1n) is 8.45. The van der Waals surface area contributed by atoms with Gasteiger partial charge in [0.2, 0.25) is 0 Å². The maximum absolute atomic E-state index is 12.3. The van der Waals surface area contributed by atoms with Crippen LogP contribution in [-0.4, -0.2) is 42.6 Å². The zero-order valence-corrected chi connectivity index (χ0v) is 15.0. The van der Waals surface area contributed by atoms with Gasteiger partial charge in [-0.1, -0.05) is 24.6 Å². The van der Waals surface area contributed by atoms with E-state index in [2.05, 4.69) is 17.1 Å². The Morgan fingerprint density at radius 3 is 2.78 bits per heavy atom. The maximum Gasteiger partial charge on any atom is 0.260 e. The average molecular weight is 339 g/mol. The van der Waals surface area contributed by atoms with E-state index in [0.717, 1.165) is 38.0 Å². The van der Waals surface area contributed by atoms with E-state index in [1.54, 1.807) is 13.0 Å². The van der Waals surface area contributed by atoms with Crippen molar-refractivity contribution < 1.29 is 9.53 Å². The Morgan fingerprint density at radius 2 is 2.13 bits per heavy atom. The van der Waals surface area contributed by atoms with Crippen LogP contribution in [0, 0.1) is 6.92 Å². The molecule has 1 N–H and O–H groups in total. The number of hydrogen-bond donors (Lipinski definition) is 1. The molecule has 0 radical (unpaired) electrons. The third-order valence-corrected chi connectivity index (χ3v) is 4.55. The molecule has 1 saturated heterocycles. The van der Waals surface area contributed by atoms with Crippen LogP contribution in [0.1, 0.15) is 38.7 Å². The van der Waals surface area contributed by atoms with E-state index in [1.807, 2.05) is 19.1 Å². The first kappa shape index (κ1) is 18.1. The molecule has 1 atom stereocenters. The predicted octanol–water partition coefficient (Wildman–Crippen LogP) is 3.41. The number of carbonyl (C=O) groups excluding carboxylic acids is 1. The Labute approximate surface area is 144 Å². The van der Waals surface area contributed by atoms with Crippen molar-refractivity contribution in [2.24, 2.45) is 0 Å². The minimum absolute atomic E-state index is 0.0727. The Kier molecular flexibility index (Phi) is 6.72. The number of nitrogens with one attached hydrogen (secondary N) is 1. The number of likely N-dealkylation sites (tertiary alicyclic amines) is 1. The molecule has 1 aliphatic heterocycles. The third-order valence-electron chi connectivity index (χ3n) is 4.23. The summed E-state index contributed by atoms with van der Waals surface area (Å²) in [6.07, 6.45) is 2.63. The summed E-state index contributed by atoms with van der Waals surface area (Å²) in [6, 6.07) is 5.81. The van der Waals surface area contributed by atoms with E-state index >= 15 is 0 Å². The highest BCUT2D eigenvalue weighted by Gasteiger charge is 2.23. The first-order chi connectivity index (χ1) is 11.0. The number of halogens is 1. The van der Waals surface area contributed by atoms with E-state index in [4.69, 9.17) is 16.3 Å². The fourth-order valence-corrected chi connectivity index (χ4v) is 3.04. The zero-order chi connectivity index (χ0) is 16.8. The van der Waals surface area contributed by atoms with Crippen molar-refractivity contribution in [2.45, 2.75) is 52.2 Å². The van der Waals surface area contributed by atoms with Crippen LogP contribution in [-0.2, 0) is 4.79 Å². The summed E-state index contributed by atoms with van der Waals surface area (Å²) in [5.74, 6) is 0.489. The topological polar surface area (TPSA) is 41.6 Å². The highest BCUT2D eigenvalue weighted by molar-refractivity contribution is 6.32. The zero-order valence-electron chi connectivity index (χ0n) is 14.3. The average Bonchev–Trinajstić information content (AvgIpc) is 2.53. The summed E-state index contributed by atoms with van der Waals surface area (Å²) in [7, 11) is 0. The number of hydrogen-bond acceptors (Lipinski definition) is 3. The molecule has 4 nitrogen and oxygen atoms in total. The Balaban J connectivity index is 1.82. The van der Waals surface area contributed by atoms with Gasteiger partial charge >= 0.3 is 0 Å². The summed E-state index contributed by atoms with van der Waals surface area (Å²) < 4.78 is 5.73. The van der Waals surface area contributed by atoms with Crippen LogP contribution in [0.5, 0.6) is 5.75 Å². The Bertz CT molecular complexity index is 528. The number of rotatable bonds is 6. The number of nitrogens with zero attached hydrogens (tertiary/aromatic N) is 1. The normalized spacial score (nSPS) is 17.7. The van der Waals surface area contributed by atoms with Gasteiger partial charge in [-0.2, -0.15) is 0 Å². The molecule has 5 heteroatoms. The van der Waals surface area contributed by atoms with Crippen molar-refractivity contribution in [1.29, 1.82) is 0 Å². The molecule has 0 bridgehead atoms. The second-order valence-corrected chi connectivity index (χ2v) is 6.73. The molecule has 1 fully saturated rings. The SMILES string of the molecule is CCCN1CCC(NC(=O)[C@H](C)Oc2cc(C)ccc2Cl)CC1. The third kappa shape index (κ3) is 5.40. The molecule has 1 heterocycles. The second kappa shape index (κ2) is 8.55. The number of amides is 1. The number of ether oxygens (including phenoxy) is 1. The highest BCUT2D eigenvalue weighted by atomic mass is 35.5. The highest BCUT2D eigenvalue weighted by Crippen LogP contribution is 2.26. The van der Waals surface area contributed by atoms with E-state index in [1.165, 1.54) is 6.42 Å². The summed E-state index contributed by atoms with van der Waals surface area (Å²) >= 11 is 6.12. The Hall–Kier alpha value is -1.26. The lowest BCUT2D eigenvalue weighted by atomic mass is 10.0. The van der Waals surface area contributed by atoms with Crippen molar-refractivity contribution in [3.8, 4) is 5.75 Å². The van der Waals surface area contributed by atoms with Gasteiger partial charge in [0.05, 0.1) is 5.02 Å². The molecule has 1 amide bonds. The minimum atomic E-state index is -0.553. The van der Waals surface area contributed by atoms with Crippen molar-refractivity contribution in [1.82, 2.24) is 10.2 Å².